The topological polar surface area (TPSA) is 105 Å². The van der Waals surface area contributed by atoms with Crippen molar-refractivity contribution in [1.82, 2.24) is 15.3 Å². The van der Waals surface area contributed by atoms with E-state index in [2.05, 4.69) is 5.43 Å². The summed E-state index contributed by atoms with van der Waals surface area (Å²) in [6, 6.07) is 6.81. The third kappa shape index (κ3) is 7.42. The normalized spacial score (nSPS) is 21.0. The van der Waals surface area contributed by atoms with Gasteiger partial charge >= 0.3 is 5.97 Å². The maximum atomic E-state index is 13.4. The highest BCUT2D eigenvalue weighted by molar-refractivity contribution is 6.30. The number of carbonyl (C=O) groups is 3. The second kappa shape index (κ2) is 12.5. The molecule has 34 heavy (non-hydrogen) atoms. The number of hydrogen-bond donors (Lipinski definition) is 2. The van der Waals surface area contributed by atoms with Gasteiger partial charge in [-0.2, -0.15) is 0 Å². The van der Waals surface area contributed by atoms with Gasteiger partial charge in [0, 0.05) is 37.1 Å². The van der Waals surface area contributed by atoms with Gasteiger partial charge < -0.3 is 15.4 Å². The smallest absolute Gasteiger partial charge is 0.302 e. The van der Waals surface area contributed by atoms with E-state index in [4.69, 9.17) is 22.1 Å². The molecular weight excluding hydrogens is 456 g/mol. The summed E-state index contributed by atoms with van der Waals surface area (Å²) < 4.78 is 5.11. The van der Waals surface area contributed by atoms with Crippen molar-refractivity contribution in [1.29, 1.82) is 0 Å². The van der Waals surface area contributed by atoms with Crippen molar-refractivity contribution in [3.8, 4) is 0 Å². The first-order chi connectivity index (χ1) is 16.2. The van der Waals surface area contributed by atoms with Gasteiger partial charge in [0.05, 0.1) is 12.0 Å². The summed E-state index contributed by atoms with van der Waals surface area (Å²) in [6.45, 7) is 4.46. The van der Waals surface area contributed by atoms with E-state index in [0.717, 1.165) is 37.7 Å². The number of amides is 2. The van der Waals surface area contributed by atoms with Crippen molar-refractivity contribution in [2.75, 3.05) is 19.7 Å². The fraction of sp³-hybridized carbons (Fsp3) is 0.640. The van der Waals surface area contributed by atoms with Gasteiger partial charge in [-0.1, -0.05) is 49.9 Å². The fourth-order valence-corrected chi connectivity index (χ4v) is 4.99. The Bertz CT molecular complexity index is 844. The first-order valence-electron chi connectivity index (χ1n) is 12.3. The van der Waals surface area contributed by atoms with Crippen LogP contribution in [-0.2, 0) is 25.5 Å². The summed E-state index contributed by atoms with van der Waals surface area (Å²) in [5, 5.41) is 2.51. The molecule has 1 heterocycles. The Hall–Kier alpha value is -2.16. The lowest BCUT2D eigenvalue weighted by Gasteiger charge is -2.40. The van der Waals surface area contributed by atoms with E-state index in [1.165, 1.54) is 13.3 Å². The molecule has 2 aliphatic rings. The van der Waals surface area contributed by atoms with Gasteiger partial charge in [0.25, 0.3) is 5.91 Å². The van der Waals surface area contributed by atoms with Crippen LogP contribution in [0.15, 0.2) is 24.3 Å². The lowest BCUT2D eigenvalue weighted by atomic mass is 9.92. The van der Waals surface area contributed by atoms with E-state index in [-0.39, 0.29) is 36.5 Å². The molecule has 1 aliphatic carbocycles. The molecule has 3 atom stereocenters. The number of esters is 1. The van der Waals surface area contributed by atoms with Crippen molar-refractivity contribution in [2.45, 2.75) is 76.9 Å². The number of benzene rings is 1. The molecule has 1 saturated carbocycles. The Morgan fingerprint density at radius 3 is 2.47 bits per heavy atom. The van der Waals surface area contributed by atoms with Crippen LogP contribution in [0.4, 0.5) is 0 Å². The number of nitrogens with zero attached hydrogens (tertiary/aromatic N) is 2. The molecule has 0 unspecified atom stereocenters. The summed E-state index contributed by atoms with van der Waals surface area (Å²) in [7, 11) is 0. The van der Waals surface area contributed by atoms with Gasteiger partial charge in [-0.05, 0) is 43.4 Å². The minimum absolute atomic E-state index is 0.00293. The molecule has 0 aromatic heterocycles. The highest BCUT2D eigenvalue weighted by Crippen LogP contribution is 2.28. The molecule has 0 bridgehead atoms. The minimum atomic E-state index is -0.681. The van der Waals surface area contributed by atoms with Gasteiger partial charge in [0.2, 0.25) is 5.91 Å². The predicted molar refractivity (Wildman–Crippen MR) is 131 cm³/mol. The second-order valence-corrected chi connectivity index (χ2v) is 9.98. The largest absolute Gasteiger partial charge is 0.465 e. The van der Waals surface area contributed by atoms with Crippen LogP contribution < -0.4 is 11.2 Å². The van der Waals surface area contributed by atoms with Gasteiger partial charge in [-0.3, -0.25) is 19.8 Å². The average Bonchev–Trinajstić information content (AvgIpc) is 3.27. The third-order valence-electron chi connectivity index (χ3n) is 6.71. The molecule has 2 fully saturated rings. The standard InChI is InChI=1S/C25H37ClN4O4/c1-17(16-34-18(2)31)25(33)30(21-6-4-3-5-7-21)22-12-13-29(15-22)28-24(32)23(27)14-19-8-10-20(26)11-9-19/h8-11,17,21-23H,3-7,12-16,27H2,1-2H3,(H,28,32)/t17-,22+,23-/m1/s1. The van der Waals surface area contributed by atoms with Gasteiger partial charge in [0.1, 0.15) is 6.61 Å². The fourth-order valence-electron chi connectivity index (χ4n) is 4.86. The van der Waals surface area contributed by atoms with Crippen molar-refractivity contribution in [2.24, 2.45) is 11.7 Å². The first-order valence-corrected chi connectivity index (χ1v) is 12.6. The van der Waals surface area contributed by atoms with Crippen LogP contribution in [0.5, 0.6) is 0 Å². The molecule has 1 saturated heterocycles. The van der Waals surface area contributed by atoms with E-state index in [1.54, 1.807) is 12.1 Å². The summed E-state index contributed by atoms with van der Waals surface area (Å²) in [5.74, 6) is -1.00. The molecule has 1 aliphatic heterocycles. The van der Waals surface area contributed by atoms with Gasteiger partial charge in [-0.25, -0.2) is 5.01 Å². The Balaban J connectivity index is 1.59. The van der Waals surface area contributed by atoms with Crippen LogP contribution in [0.1, 0.15) is 57.9 Å². The highest BCUT2D eigenvalue weighted by Gasteiger charge is 2.38. The molecule has 0 radical (unpaired) electrons. The van der Waals surface area contributed by atoms with Crippen LogP contribution in [-0.4, -0.2) is 65.5 Å². The Morgan fingerprint density at radius 1 is 1.15 bits per heavy atom. The molecule has 3 N–H and O–H groups in total. The molecule has 9 heteroatoms. The van der Waals surface area contributed by atoms with Crippen molar-refractivity contribution < 1.29 is 19.1 Å². The number of nitrogens with two attached hydrogens (primary N) is 1. The average molecular weight is 493 g/mol. The quantitative estimate of drug-likeness (QED) is 0.513. The van der Waals surface area contributed by atoms with Crippen LogP contribution in [0.2, 0.25) is 5.02 Å². The van der Waals surface area contributed by atoms with E-state index < -0.39 is 12.0 Å². The zero-order chi connectivity index (χ0) is 24.7. The number of rotatable bonds is 9. The number of halogens is 1. The Kier molecular flexibility index (Phi) is 9.74. The van der Waals surface area contributed by atoms with Crippen LogP contribution >= 0.6 is 11.6 Å². The molecular formula is C25H37ClN4O4. The molecule has 1 aromatic carbocycles. The third-order valence-corrected chi connectivity index (χ3v) is 6.96. The van der Waals surface area contributed by atoms with Crippen molar-refractivity contribution >= 4 is 29.4 Å². The monoisotopic (exact) mass is 492 g/mol. The van der Waals surface area contributed by atoms with E-state index in [1.807, 2.05) is 29.0 Å². The van der Waals surface area contributed by atoms with Crippen molar-refractivity contribution in [3.63, 3.8) is 0 Å². The maximum Gasteiger partial charge on any atom is 0.302 e. The molecule has 188 valence electrons. The molecule has 0 spiro atoms. The number of hydrazine groups is 1. The summed E-state index contributed by atoms with van der Waals surface area (Å²) in [6.07, 6.45) is 6.58. The van der Waals surface area contributed by atoms with E-state index in [0.29, 0.717) is 24.5 Å². The van der Waals surface area contributed by atoms with Gasteiger partial charge in [-0.15, -0.1) is 0 Å². The zero-order valence-corrected chi connectivity index (χ0v) is 20.9. The predicted octanol–water partition coefficient (Wildman–Crippen LogP) is 2.68. The molecule has 3 rings (SSSR count). The van der Waals surface area contributed by atoms with Gasteiger partial charge in [0.15, 0.2) is 0 Å². The minimum Gasteiger partial charge on any atom is -0.465 e. The Morgan fingerprint density at radius 2 is 1.82 bits per heavy atom. The summed E-state index contributed by atoms with van der Waals surface area (Å²) in [4.78, 5) is 39.4. The SMILES string of the molecule is CC(=O)OC[C@@H](C)C(=O)N(C1CCCCC1)[C@H]1CCN(NC(=O)[C@H](N)Cc2ccc(Cl)cc2)C1. The number of carbonyl (C=O) groups excluding carboxylic acids is 3. The Labute approximate surface area is 207 Å². The maximum absolute atomic E-state index is 13.4. The molecule has 2 amide bonds. The zero-order valence-electron chi connectivity index (χ0n) is 20.2. The lowest BCUT2D eigenvalue weighted by Crippen LogP contribution is -2.53. The van der Waals surface area contributed by atoms with Crippen LogP contribution in [0, 0.1) is 5.92 Å². The van der Waals surface area contributed by atoms with E-state index >= 15 is 0 Å². The van der Waals surface area contributed by atoms with Crippen LogP contribution in [0.3, 0.4) is 0 Å². The number of hydrogen-bond acceptors (Lipinski definition) is 6. The number of ether oxygens (including phenoxy) is 1. The van der Waals surface area contributed by atoms with E-state index in [9.17, 15) is 14.4 Å². The number of nitrogens with one attached hydrogen (secondary N) is 1. The summed E-state index contributed by atoms with van der Waals surface area (Å²) >= 11 is 5.93. The first kappa shape index (κ1) is 26.4. The second-order valence-electron chi connectivity index (χ2n) is 9.54. The summed E-state index contributed by atoms with van der Waals surface area (Å²) in [5.41, 5.74) is 10.0. The van der Waals surface area contributed by atoms with Crippen molar-refractivity contribution in [3.05, 3.63) is 34.9 Å². The van der Waals surface area contributed by atoms with Crippen LogP contribution in [0.25, 0.3) is 0 Å². The lowest BCUT2D eigenvalue weighted by molar-refractivity contribution is -0.148. The molecule has 8 nitrogen and oxygen atoms in total. The molecule has 1 aromatic rings. The highest BCUT2D eigenvalue weighted by atomic mass is 35.5.